The number of hydrogen-bond donors (Lipinski definition) is 1. The van der Waals surface area contributed by atoms with E-state index in [0.29, 0.717) is 6.61 Å². The number of ether oxygens (including phenoxy) is 1. The molecular weight excluding hydrogens is 242 g/mol. The van der Waals surface area contributed by atoms with Crippen molar-refractivity contribution in [1.29, 1.82) is 0 Å². The van der Waals surface area contributed by atoms with Gasteiger partial charge in [-0.05, 0) is 50.7 Å². The van der Waals surface area contributed by atoms with Gasteiger partial charge in [0.2, 0.25) is 0 Å². The molecule has 1 rings (SSSR count). The highest BCUT2D eigenvalue weighted by molar-refractivity contribution is 5.87. The molecular formula is C15H23NO3. The Labute approximate surface area is 115 Å². The first-order valence-electron chi connectivity index (χ1n) is 6.78. The van der Waals surface area contributed by atoms with Crippen LogP contribution in [0.4, 0.5) is 0 Å². The third-order valence-electron chi connectivity index (χ3n) is 2.95. The van der Waals surface area contributed by atoms with Gasteiger partial charge in [-0.3, -0.25) is 0 Å². The molecule has 0 aliphatic rings. The molecule has 4 nitrogen and oxygen atoms in total. The van der Waals surface area contributed by atoms with Gasteiger partial charge in [-0.2, -0.15) is 0 Å². The van der Waals surface area contributed by atoms with E-state index < -0.39 is 5.97 Å². The molecule has 106 valence electrons. The number of rotatable bonds is 9. The zero-order chi connectivity index (χ0) is 14.1. The maximum absolute atomic E-state index is 10.7. The molecule has 0 aliphatic carbocycles. The number of carboxylic acids is 1. The molecule has 0 heterocycles. The average Bonchev–Trinajstić information content (AvgIpc) is 2.41. The predicted octanol–water partition coefficient (Wildman–Crippen LogP) is 2.89. The summed E-state index contributed by atoms with van der Waals surface area (Å²) in [6, 6.07) is 6.52. The van der Waals surface area contributed by atoms with E-state index >= 15 is 0 Å². The summed E-state index contributed by atoms with van der Waals surface area (Å²) in [6.07, 6.45) is 3.42. The molecule has 0 aliphatic heterocycles. The number of benzene rings is 1. The molecule has 1 N–H and O–H groups in total. The van der Waals surface area contributed by atoms with Crippen molar-refractivity contribution in [3.8, 4) is 5.75 Å². The second-order valence-electron chi connectivity index (χ2n) is 4.69. The highest BCUT2D eigenvalue weighted by Gasteiger charge is 2.02. The van der Waals surface area contributed by atoms with E-state index in [1.807, 2.05) is 0 Å². The van der Waals surface area contributed by atoms with Gasteiger partial charge in [0.15, 0.2) is 0 Å². The lowest BCUT2D eigenvalue weighted by Gasteiger charge is -2.16. The molecule has 0 amide bonds. The normalized spacial score (nSPS) is 10.7. The topological polar surface area (TPSA) is 49.8 Å². The van der Waals surface area contributed by atoms with E-state index in [2.05, 4.69) is 18.9 Å². The van der Waals surface area contributed by atoms with E-state index in [9.17, 15) is 4.79 Å². The number of carbonyl (C=O) groups is 1. The van der Waals surface area contributed by atoms with Gasteiger partial charge in [-0.25, -0.2) is 4.79 Å². The molecule has 1 aromatic rings. The minimum Gasteiger partial charge on any atom is -0.494 e. The van der Waals surface area contributed by atoms with E-state index in [1.54, 1.807) is 24.3 Å². The van der Waals surface area contributed by atoms with E-state index in [0.717, 1.165) is 25.3 Å². The Morgan fingerprint density at radius 3 is 2.42 bits per heavy atom. The Kier molecular flexibility index (Phi) is 6.97. The van der Waals surface area contributed by atoms with Gasteiger partial charge < -0.3 is 14.7 Å². The van der Waals surface area contributed by atoms with Crippen LogP contribution in [0.1, 0.15) is 36.5 Å². The number of aromatic carboxylic acids is 1. The van der Waals surface area contributed by atoms with Crippen LogP contribution in [-0.4, -0.2) is 42.7 Å². The number of nitrogens with zero attached hydrogens (tertiary/aromatic N) is 1. The smallest absolute Gasteiger partial charge is 0.335 e. The molecule has 0 bridgehead atoms. The first-order valence-corrected chi connectivity index (χ1v) is 6.78. The lowest BCUT2D eigenvalue weighted by atomic mass is 10.2. The number of carboxylic acid groups (broad SMARTS) is 1. The van der Waals surface area contributed by atoms with Gasteiger partial charge in [0.1, 0.15) is 5.75 Å². The highest BCUT2D eigenvalue weighted by Crippen LogP contribution is 2.12. The zero-order valence-corrected chi connectivity index (χ0v) is 11.8. The van der Waals surface area contributed by atoms with Crippen molar-refractivity contribution in [2.45, 2.75) is 26.2 Å². The summed E-state index contributed by atoms with van der Waals surface area (Å²) in [5.41, 5.74) is 0.284. The van der Waals surface area contributed by atoms with Crippen molar-refractivity contribution < 1.29 is 14.6 Å². The fraction of sp³-hybridized carbons (Fsp3) is 0.533. The van der Waals surface area contributed by atoms with Crippen molar-refractivity contribution >= 4 is 5.97 Å². The quantitative estimate of drug-likeness (QED) is 0.697. The molecule has 4 heteroatoms. The third-order valence-corrected chi connectivity index (χ3v) is 2.95. The SMILES string of the molecule is CCCCN(C)CCCOc1ccc(C(=O)O)cc1. The van der Waals surface area contributed by atoms with Crippen LogP contribution >= 0.6 is 0 Å². The lowest BCUT2D eigenvalue weighted by Crippen LogP contribution is -2.22. The molecule has 0 fully saturated rings. The van der Waals surface area contributed by atoms with Crippen molar-refractivity contribution in [2.24, 2.45) is 0 Å². The first-order chi connectivity index (χ1) is 9.13. The predicted molar refractivity (Wildman–Crippen MR) is 75.9 cm³/mol. The first kappa shape index (κ1) is 15.5. The van der Waals surface area contributed by atoms with Crippen molar-refractivity contribution in [1.82, 2.24) is 4.90 Å². The highest BCUT2D eigenvalue weighted by atomic mass is 16.5. The van der Waals surface area contributed by atoms with Crippen LogP contribution in [0.3, 0.4) is 0 Å². The fourth-order valence-corrected chi connectivity index (χ4v) is 1.76. The second kappa shape index (κ2) is 8.53. The number of unbranched alkanes of at least 4 members (excludes halogenated alkanes) is 1. The molecule has 0 saturated heterocycles. The standard InChI is InChI=1S/C15H23NO3/c1-3-4-10-16(2)11-5-12-19-14-8-6-13(7-9-14)15(17)18/h6-9H,3-5,10-12H2,1-2H3,(H,17,18). The van der Waals surface area contributed by atoms with Crippen LogP contribution in [-0.2, 0) is 0 Å². The van der Waals surface area contributed by atoms with Crippen LogP contribution in [0.15, 0.2) is 24.3 Å². The molecule has 0 saturated carbocycles. The summed E-state index contributed by atoms with van der Waals surface area (Å²) in [5.74, 6) is -0.190. The van der Waals surface area contributed by atoms with Crippen LogP contribution in [0.5, 0.6) is 5.75 Å². The molecule has 0 aromatic heterocycles. The summed E-state index contributed by atoms with van der Waals surface area (Å²) in [6.45, 7) is 5.00. The molecule has 0 unspecified atom stereocenters. The summed E-state index contributed by atoms with van der Waals surface area (Å²) in [5, 5.41) is 8.78. The Morgan fingerprint density at radius 1 is 1.21 bits per heavy atom. The van der Waals surface area contributed by atoms with E-state index in [-0.39, 0.29) is 5.56 Å². The Morgan fingerprint density at radius 2 is 1.84 bits per heavy atom. The fourth-order valence-electron chi connectivity index (χ4n) is 1.76. The number of hydrogen-bond acceptors (Lipinski definition) is 3. The molecule has 1 aromatic carbocycles. The van der Waals surface area contributed by atoms with E-state index in [1.165, 1.54) is 12.8 Å². The summed E-state index contributed by atoms with van der Waals surface area (Å²) in [4.78, 5) is 13.0. The van der Waals surface area contributed by atoms with Gasteiger partial charge in [0.05, 0.1) is 12.2 Å². The van der Waals surface area contributed by atoms with Gasteiger partial charge in [0, 0.05) is 6.54 Å². The van der Waals surface area contributed by atoms with E-state index in [4.69, 9.17) is 9.84 Å². The minimum atomic E-state index is -0.913. The summed E-state index contributed by atoms with van der Waals surface area (Å²) < 4.78 is 5.58. The largest absolute Gasteiger partial charge is 0.494 e. The van der Waals surface area contributed by atoms with Crippen LogP contribution in [0.2, 0.25) is 0 Å². The van der Waals surface area contributed by atoms with Crippen LogP contribution in [0, 0.1) is 0 Å². The maximum atomic E-state index is 10.7. The maximum Gasteiger partial charge on any atom is 0.335 e. The molecule has 0 spiro atoms. The minimum absolute atomic E-state index is 0.284. The lowest BCUT2D eigenvalue weighted by molar-refractivity contribution is 0.0697. The van der Waals surface area contributed by atoms with Crippen LogP contribution < -0.4 is 4.74 Å². The molecule has 0 radical (unpaired) electrons. The van der Waals surface area contributed by atoms with Gasteiger partial charge in [-0.15, -0.1) is 0 Å². The van der Waals surface area contributed by atoms with Gasteiger partial charge in [0.25, 0.3) is 0 Å². The van der Waals surface area contributed by atoms with Crippen molar-refractivity contribution in [3.63, 3.8) is 0 Å². The van der Waals surface area contributed by atoms with Crippen LogP contribution in [0.25, 0.3) is 0 Å². The summed E-state index contributed by atoms with van der Waals surface area (Å²) >= 11 is 0. The third kappa shape index (κ3) is 6.25. The van der Waals surface area contributed by atoms with Crippen molar-refractivity contribution in [2.75, 3.05) is 26.7 Å². The molecule has 0 atom stereocenters. The Bertz CT molecular complexity index is 375. The Balaban J connectivity index is 2.20. The zero-order valence-electron chi connectivity index (χ0n) is 11.8. The van der Waals surface area contributed by atoms with Crippen molar-refractivity contribution in [3.05, 3.63) is 29.8 Å². The monoisotopic (exact) mass is 265 g/mol. The average molecular weight is 265 g/mol. The Hall–Kier alpha value is -1.55. The van der Waals surface area contributed by atoms with Gasteiger partial charge >= 0.3 is 5.97 Å². The molecule has 19 heavy (non-hydrogen) atoms. The second-order valence-corrected chi connectivity index (χ2v) is 4.69. The summed E-state index contributed by atoms with van der Waals surface area (Å²) in [7, 11) is 2.12. The van der Waals surface area contributed by atoms with Gasteiger partial charge in [-0.1, -0.05) is 13.3 Å².